The first-order valence-corrected chi connectivity index (χ1v) is 8.24. The first kappa shape index (κ1) is 15.5. The van der Waals surface area contributed by atoms with Crippen LogP contribution in [0.2, 0.25) is 0 Å². The lowest BCUT2D eigenvalue weighted by Crippen LogP contribution is -2.17. The van der Waals surface area contributed by atoms with Gasteiger partial charge in [-0.3, -0.25) is 0 Å². The topological polar surface area (TPSA) is 41.1 Å². The highest BCUT2D eigenvalue weighted by molar-refractivity contribution is 9.10. The third-order valence-electron chi connectivity index (χ3n) is 3.40. The molecule has 1 aromatic heterocycles. The van der Waals surface area contributed by atoms with Gasteiger partial charge in [-0.05, 0) is 49.4 Å². The maximum absolute atomic E-state index is 4.63. The Bertz CT molecular complexity index is 759. The standard InChI is InChI=1S/C18H17BrN4/c1-2-23(16-6-4-3-5-7-16)17-12-13-20-18(22-17)21-15-10-8-14(19)9-11-15/h3-13H,2H2,1H3,(H,20,21,22). The van der Waals surface area contributed by atoms with Crippen molar-refractivity contribution in [3.63, 3.8) is 0 Å². The Hall–Kier alpha value is -2.40. The molecule has 1 heterocycles. The molecule has 0 fully saturated rings. The van der Waals surface area contributed by atoms with Crippen LogP contribution in [-0.2, 0) is 0 Å². The summed E-state index contributed by atoms with van der Waals surface area (Å²) in [6.45, 7) is 2.94. The lowest BCUT2D eigenvalue weighted by Gasteiger charge is -2.22. The van der Waals surface area contributed by atoms with Gasteiger partial charge < -0.3 is 10.2 Å². The number of hydrogen-bond acceptors (Lipinski definition) is 4. The monoisotopic (exact) mass is 368 g/mol. The molecule has 116 valence electrons. The average molecular weight is 369 g/mol. The Morgan fingerprint density at radius 2 is 1.74 bits per heavy atom. The molecule has 0 amide bonds. The number of hydrogen-bond donors (Lipinski definition) is 1. The quantitative estimate of drug-likeness (QED) is 0.676. The molecule has 23 heavy (non-hydrogen) atoms. The molecule has 0 aliphatic heterocycles. The third kappa shape index (κ3) is 3.87. The molecule has 0 radical (unpaired) electrons. The second-order valence-electron chi connectivity index (χ2n) is 4.95. The maximum atomic E-state index is 4.63. The van der Waals surface area contributed by atoms with Crippen LogP contribution in [0.1, 0.15) is 6.92 Å². The van der Waals surface area contributed by atoms with Crippen molar-refractivity contribution in [1.82, 2.24) is 9.97 Å². The van der Waals surface area contributed by atoms with E-state index in [0.717, 1.165) is 28.2 Å². The molecule has 1 N–H and O–H groups in total. The Kier molecular flexibility index (Phi) is 4.88. The summed E-state index contributed by atoms with van der Waals surface area (Å²) in [7, 11) is 0. The fraction of sp³-hybridized carbons (Fsp3) is 0.111. The molecule has 0 spiro atoms. The molecule has 0 atom stereocenters. The molecule has 0 unspecified atom stereocenters. The molecule has 0 aliphatic carbocycles. The summed E-state index contributed by atoms with van der Waals surface area (Å²) in [5, 5.41) is 3.23. The lowest BCUT2D eigenvalue weighted by atomic mass is 10.3. The summed E-state index contributed by atoms with van der Waals surface area (Å²) in [5.41, 5.74) is 2.07. The number of nitrogens with one attached hydrogen (secondary N) is 1. The molecule has 0 bridgehead atoms. The van der Waals surface area contributed by atoms with Gasteiger partial charge in [0.25, 0.3) is 0 Å². The fourth-order valence-electron chi connectivity index (χ4n) is 2.31. The number of rotatable bonds is 5. The van der Waals surface area contributed by atoms with Crippen LogP contribution >= 0.6 is 15.9 Å². The molecule has 3 rings (SSSR count). The Labute approximate surface area is 144 Å². The number of halogens is 1. The highest BCUT2D eigenvalue weighted by atomic mass is 79.9. The van der Waals surface area contributed by atoms with Crippen molar-refractivity contribution in [1.29, 1.82) is 0 Å². The zero-order chi connectivity index (χ0) is 16.1. The Morgan fingerprint density at radius 3 is 2.43 bits per heavy atom. The van der Waals surface area contributed by atoms with Crippen LogP contribution in [0, 0.1) is 0 Å². The first-order chi connectivity index (χ1) is 11.3. The minimum Gasteiger partial charge on any atom is -0.327 e. The molecule has 5 heteroatoms. The summed E-state index contributed by atoms with van der Waals surface area (Å²) in [6.07, 6.45) is 1.77. The van der Waals surface area contributed by atoms with Crippen LogP contribution in [0.25, 0.3) is 0 Å². The number of nitrogens with zero attached hydrogens (tertiary/aromatic N) is 3. The predicted octanol–water partition coefficient (Wildman–Crippen LogP) is 5.14. The van der Waals surface area contributed by atoms with Crippen molar-refractivity contribution >= 4 is 39.1 Å². The van der Waals surface area contributed by atoms with E-state index in [0.29, 0.717) is 5.95 Å². The van der Waals surface area contributed by atoms with Crippen LogP contribution < -0.4 is 10.2 Å². The fourth-order valence-corrected chi connectivity index (χ4v) is 2.57. The smallest absolute Gasteiger partial charge is 0.229 e. The van der Waals surface area contributed by atoms with Crippen molar-refractivity contribution in [3.8, 4) is 0 Å². The van der Waals surface area contributed by atoms with Gasteiger partial charge in [-0.1, -0.05) is 34.1 Å². The summed E-state index contributed by atoms with van der Waals surface area (Å²) >= 11 is 3.43. The molecule has 0 saturated heterocycles. The van der Waals surface area contributed by atoms with Crippen molar-refractivity contribution in [2.75, 3.05) is 16.8 Å². The predicted molar refractivity (Wildman–Crippen MR) is 98.6 cm³/mol. The second-order valence-corrected chi connectivity index (χ2v) is 5.87. The van der Waals surface area contributed by atoms with Gasteiger partial charge in [-0.25, -0.2) is 4.98 Å². The summed E-state index contributed by atoms with van der Waals surface area (Å²) < 4.78 is 1.04. The number of anilines is 4. The Balaban J connectivity index is 1.85. The van der Waals surface area contributed by atoms with Gasteiger partial charge in [0.2, 0.25) is 5.95 Å². The molecule has 0 aliphatic rings. The van der Waals surface area contributed by atoms with Gasteiger partial charge in [0.15, 0.2) is 0 Å². The van der Waals surface area contributed by atoms with Gasteiger partial charge in [-0.2, -0.15) is 4.98 Å². The third-order valence-corrected chi connectivity index (χ3v) is 3.93. The van der Waals surface area contributed by atoms with Crippen LogP contribution in [-0.4, -0.2) is 16.5 Å². The van der Waals surface area contributed by atoms with E-state index >= 15 is 0 Å². The average Bonchev–Trinajstić information content (AvgIpc) is 2.59. The second kappa shape index (κ2) is 7.24. The van der Waals surface area contributed by atoms with E-state index < -0.39 is 0 Å². The number of benzene rings is 2. The SMILES string of the molecule is CCN(c1ccccc1)c1ccnc(Nc2ccc(Br)cc2)n1. The zero-order valence-corrected chi connectivity index (χ0v) is 14.4. The van der Waals surface area contributed by atoms with Gasteiger partial charge in [0.05, 0.1) is 0 Å². The first-order valence-electron chi connectivity index (χ1n) is 7.44. The number of para-hydroxylation sites is 1. The van der Waals surface area contributed by atoms with Gasteiger partial charge >= 0.3 is 0 Å². The lowest BCUT2D eigenvalue weighted by molar-refractivity contribution is 0.979. The van der Waals surface area contributed by atoms with Crippen molar-refractivity contribution in [2.24, 2.45) is 0 Å². The maximum Gasteiger partial charge on any atom is 0.229 e. The van der Waals surface area contributed by atoms with Gasteiger partial charge in [0, 0.05) is 28.6 Å². The van der Waals surface area contributed by atoms with Crippen molar-refractivity contribution < 1.29 is 0 Å². The zero-order valence-electron chi connectivity index (χ0n) is 12.8. The molecular formula is C18H17BrN4. The van der Waals surface area contributed by atoms with E-state index in [1.165, 1.54) is 0 Å². The summed E-state index contributed by atoms with van der Waals surface area (Å²) in [5.74, 6) is 1.45. The summed E-state index contributed by atoms with van der Waals surface area (Å²) in [4.78, 5) is 11.1. The largest absolute Gasteiger partial charge is 0.327 e. The minimum absolute atomic E-state index is 0.583. The van der Waals surface area contributed by atoms with Crippen molar-refractivity contribution in [2.45, 2.75) is 6.92 Å². The van der Waals surface area contributed by atoms with E-state index in [-0.39, 0.29) is 0 Å². The molecule has 4 nitrogen and oxygen atoms in total. The highest BCUT2D eigenvalue weighted by Gasteiger charge is 2.09. The summed E-state index contributed by atoms with van der Waals surface area (Å²) in [6, 6.07) is 20.1. The molecular weight excluding hydrogens is 352 g/mol. The van der Waals surface area contributed by atoms with E-state index in [1.807, 2.05) is 48.5 Å². The highest BCUT2D eigenvalue weighted by Crippen LogP contribution is 2.24. The molecule has 0 saturated carbocycles. The van der Waals surface area contributed by atoms with Gasteiger partial charge in [0.1, 0.15) is 5.82 Å². The van der Waals surface area contributed by atoms with Crippen molar-refractivity contribution in [3.05, 3.63) is 71.3 Å². The van der Waals surface area contributed by atoms with Gasteiger partial charge in [-0.15, -0.1) is 0 Å². The van der Waals surface area contributed by atoms with E-state index in [9.17, 15) is 0 Å². The van der Waals surface area contributed by atoms with E-state index in [1.54, 1.807) is 6.20 Å². The number of aromatic nitrogens is 2. The molecule has 3 aromatic rings. The van der Waals surface area contributed by atoms with Crippen LogP contribution in [0.4, 0.5) is 23.1 Å². The van der Waals surface area contributed by atoms with Crippen LogP contribution in [0.3, 0.4) is 0 Å². The van der Waals surface area contributed by atoms with Crippen LogP contribution in [0.5, 0.6) is 0 Å². The molecule has 2 aromatic carbocycles. The minimum atomic E-state index is 0.583. The van der Waals surface area contributed by atoms with E-state index in [4.69, 9.17) is 0 Å². The van der Waals surface area contributed by atoms with E-state index in [2.05, 4.69) is 55.2 Å². The normalized spacial score (nSPS) is 10.3. The van der Waals surface area contributed by atoms with Crippen LogP contribution in [0.15, 0.2) is 71.3 Å². The Morgan fingerprint density at radius 1 is 1.00 bits per heavy atom.